The van der Waals surface area contributed by atoms with E-state index in [2.05, 4.69) is 15.6 Å². The van der Waals surface area contributed by atoms with E-state index in [1.165, 1.54) is 30.5 Å². The molecule has 0 saturated carbocycles. The number of phenolic OH excluding ortho intramolecular Hbond substituents is 1. The molecular formula is C16H14N4O2. The van der Waals surface area contributed by atoms with Crippen molar-refractivity contribution in [2.45, 2.75) is 6.92 Å². The predicted molar refractivity (Wildman–Crippen MR) is 83.0 cm³/mol. The van der Waals surface area contributed by atoms with E-state index >= 15 is 0 Å². The van der Waals surface area contributed by atoms with Crippen LogP contribution in [0.4, 0.5) is 11.5 Å². The molecule has 2 rings (SSSR count). The number of nitrogens with one attached hydrogen (secondary N) is 2. The Labute approximate surface area is 127 Å². The number of nitrogens with zero attached hydrogens (tertiary/aromatic N) is 2. The largest absolute Gasteiger partial charge is 0.508 e. The molecule has 6 nitrogen and oxygen atoms in total. The van der Waals surface area contributed by atoms with Gasteiger partial charge in [-0.3, -0.25) is 4.79 Å². The lowest BCUT2D eigenvalue weighted by Crippen LogP contribution is -2.14. The quantitative estimate of drug-likeness (QED) is 0.457. The molecule has 3 N–H and O–H groups in total. The van der Waals surface area contributed by atoms with Gasteiger partial charge in [-0.15, -0.1) is 0 Å². The number of rotatable bonds is 4. The van der Waals surface area contributed by atoms with Crippen LogP contribution in [-0.2, 0) is 4.79 Å². The first-order valence-corrected chi connectivity index (χ1v) is 6.48. The molecule has 0 aliphatic heterocycles. The lowest BCUT2D eigenvalue weighted by molar-refractivity contribution is -0.112. The van der Waals surface area contributed by atoms with Gasteiger partial charge in [0.25, 0.3) is 5.91 Å². The lowest BCUT2D eigenvalue weighted by atomic mass is 10.2. The Balaban J connectivity index is 2.07. The van der Waals surface area contributed by atoms with Crippen LogP contribution in [0, 0.1) is 18.3 Å². The highest BCUT2D eigenvalue weighted by atomic mass is 16.3. The van der Waals surface area contributed by atoms with Gasteiger partial charge in [0, 0.05) is 18.1 Å². The van der Waals surface area contributed by atoms with Crippen molar-refractivity contribution in [3.05, 3.63) is 59.9 Å². The van der Waals surface area contributed by atoms with Crippen molar-refractivity contribution in [2.75, 3.05) is 10.6 Å². The number of phenols is 1. The zero-order valence-corrected chi connectivity index (χ0v) is 11.9. The van der Waals surface area contributed by atoms with E-state index < -0.39 is 5.91 Å². The Hall–Kier alpha value is -3.33. The van der Waals surface area contributed by atoms with Crippen LogP contribution in [0.1, 0.15) is 5.56 Å². The van der Waals surface area contributed by atoms with Crippen LogP contribution in [0.15, 0.2) is 54.4 Å². The van der Waals surface area contributed by atoms with Crippen LogP contribution in [0.3, 0.4) is 0 Å². The maximum Gasteiger partial charge on any atom is 0.267 e. The fraction of sp³-hybridized carbons (Fsp3) is 0.0625. The summed E-state index contributed by atoms with van der Waals surface area (Å²) in [4.78, 5) is 16.1. The van der Waals surface area contributed by atoms with Crippen molar-refractivity contribution >= 4 is 17.4 Å². The van der Waals surface area contributed by atoms with E-state index in [0.29, 0.717) is 11.5 Å². The topological polar surface area (TPSA) is 98.0 Å². The second-order valence-corrected chi connectivity index (χ2v) is 4.53. The highest BCUT2D eigenvalue weighted by molar-refractivity contribution is 6.06. The van der Waals surface area contributed by atoms with E-state index in [4.69, 9.17) is 5.26 Å². The highest BCUT2D eigenvalue weighted by Crippen LogP contribution is 2.14. The average Bonchev–Trinajstić information content (AvgIpc) is 2.50. The van der Waals surface area contributed by atoms with Gasteiger partial charge in [-0.1, -0.05) is 0 Å². The molecule has 0 aliphatic carbocycles. The summed E-state index contributed by atoms with van der Waals surface area (Å²) in [6, 6.07) is 11.4. The molecule has 1 amide bonds. The molecule has 1 heterocycles. The Morgan fingerprint density at radius 1 is 1.32 bits per heavy atom. The standard InChI is InChI=1S/C16H14N4O2/c1-11-6-7-18-15(8-11)19-10-12(9-17)16(22)20-13-2-4-14(21)5-3-13/h2-8,10,21H,1H3,(H,18,19)(H,20,22)/b12-10-. The highest BCUT2D eigenvalue weighted by Gasteiger charge is 2.09. The number of anilines is 2. The third-order valence-corrected chi connectivity index (χ3v) is 2.77. The van der Waals surface area contributed by atoms with Gasteiger partial charge in [0.2, 0.25) is 0 Å². The molecule has 0 saturated heterocycles. The Morgan fingerprint density at radius 3 is 2.68 bits per heavy atom. The number of pyridine rings is 1. The summed E-state index contributed by atoms with van der Waals surface area (Å²) in [6.07, 6.45) is 2.94. The Bertz CT molecular complexity index is 745. The second-order valence-electron chi connectivity index (χ2n) is 4.53. The number of carbonyl (C=O) groups excluding carboxylic acids is 1. The molecule has 22 heavy (non-hydrogen) atoms. The molecule has 0 bridgehead atoms. The summed E-state index contributed by atoms with van der Waals surface area (Å²) in [5.41, 5.74) is 1.41. The maximum atomic E-state index is 12.0. The fourth-order valence-corrected chi connectivity index (χ4v) is 1.65. The van der Waals surface area contributed by atoms with E-state index in [1.54, 1.807) is 12.3 Å². The molecule has 0 spiro atoms. The predicted octanol–water partition coefficient (Wildman–Crippen LogP) is 2.55. The molecular weight excluding hydrogens is 280 g/mol. The van der Waals surface area contributed by atoms with Crippen LogP contribution in [0.5, 0.6) is 5.75 Å². The SMILES string of the molecule is Cc1ccnc(N/C=C(/C#N)C(=O)Nc2ccc(O)cc2)c1. The van der Waals surface area contributed by atoms with Gasteiger partial charge in [0.15, 0.2) is 0 Å². The van der Waals surface area contributed by atoms with Gasteiger partial charge in [-0.05, 0) is 48.9 Å². The summed E-state index contributed by atoms with van der Waals surface area (Å²) in [7, 11) is 0. The third-order valence-electron chi connectivity index (χ3n) is 2.77. The van der Waals surface area contributed by atoms with Crippen molar-refractivity contribution in [3.63, 3.8) is 0 Å². The van der Waals surface area contributed by atoms with E-state index in [9.17, 15) is 9.90 Å². The number of aryl methyl sites for hydroxylation is 1. The number of carbonyl (C=O) groups is 1. The van der Waals surface area contributed by atoms with Gasteiger partial charge in [0.1, 0.15) is 23.2 Å². The van der Waals surface area contributed by atoms with E-state index in [1.807, 2.05) is 19.1 Å². The minimum Gasteiger partial charge on any atom is -0.508 e. The first-order valence-electron chi connectivity index (χ1n) is 6.48. The number of benzene rings is 1. The third kappa shape index (κ3) is 4.08. The molecule has 0 fully saturated rings. The van der Waals surface area contributed by atoms with Gasteiger partial charge >= 0.3 is 0 Å². The van der Waals surface area contributed by atoms with Crippen molar-refractivity contribution in [3.8, 4) is 11.8 Å². The van der Waals surface area contributed by atoms with Crippen molar-refractivity contribution < 1.29 is 9.90 Å². The van der Waals surface area contributed by atoms with Crippen molar-refractivity contribution in [1.82, 2.24) is 4.98 Å². The van der Waals surface area contributed by atoms with Crippen LogP contribution < -0.4 is 10.6 Å². The zero-order valence-electron chi connectivity index (χ0n) is 11.9. The summed E-state index contributed by atoms with van der Waals surface area (Å²) < 4.78 is 0. The monoisotopic (exact) mass is 294 g/mol. The fourth-order valence-electron chi connectivity index (χ4n) is 1.65. The summed E-state index contributed by atoms with van der Waals surface area (Å²) >= 11 is 0. The summed E-state index contributed by atoms with van der Waals surface area (Å²) in [5, 5.41) is 23.6. The van der Waals surface area contributed by atoms with Gasteiger partial charge in [-0.25, -0.2) is 4.98 Å². The van der Waals surface area contributed by atoms with Crippen LogP contribution in [0.25, 0.3) is 0 Å². The minimum atomic E-state index is -0.548. The molecule has 0 atom stereocenters. The number of aromatic hydroxyl groups is 1. The van der Waals surface area contributed by atoms with Crippen LogP contribution >= 0.6 is 0 Å². The Kier molecular flexibility index (Phi) is 4.73. The molecule has 1 aromatic heterocycles. The number of aromatic nitrogens is 1. The second kappa shape index (κ2) is 6.90. The number of hydrogen-bond acceptors (Lipinski definition) is 5. The maximum absolute atomic E-state index is 12.0. The smallest absolute Gasteiger partial charge is 0.267 e. The molecule has 110 valence electrons. The van der Waals surface area contributed by atoms with Gasteiger partial charge in [-0.2, -0.15) is 5.26 Å². The molecule has 0 aliphatic rings. The number of hydrogen-bond donors (Lipinski definition) is 3. The zero-order chi connectivity index (χ0) is 15.9. The molecule has 6 heteroatoms. The van der Waals surface area contributed by atoms with Crippen LogP contribution in [-0.4, -0.2) is 16.0 Å². The van der Waals surface area contributed by atoms with Crippen LogP contribution in [0.2, 0.25) is 0 Å². The van der Waals surface area contributed by atoms with Crippen molar-refractivity contribution in [2.24, 2.45) is 0 Å². The molecule has 0 radical (unpaired) electrons. The average molecular weight is 294 g/mol. The van der Waals surface area contributed by atoms with Crippen molar-refractivity contribution in [1.29, 1.82) is 5.26 Å². The summed E-state index contributed by atoms with van der Waals surface area (Å²) in [5.74, 6) is 0.0970. The van der Waals surface area contributed by atoms with Gasteiger partial charge in [0.05, 0.1) is 0 Å². The number of nitriles is 1. The first kappa shape index (κ1) is 15.1. The van der Waals surface area contributed by atoms with E-state index in [0.717, 1.165) is 5.56 Å². The first-order chi connectivity index (χ1) is 10.6. The molecule has 2 aromatic rings. The normalized spacial score (nSPS) is 10.6. The lowest BCUT2D eigenvalue weighted by Gasteiger charge is -2.05. The molecule has 1 aromatic carbocycles. The Morgan fingerprint density at radius 2 is 2.05 bits per heavy atom. The van der Waals surface area contributed by atoms with Gasteiger partial charge < -0.3 is 15.7 Å². The molecule has 0 unspecified atom stereocenters. The minimum absolute atomic E-state index is 0.0867. The van der Waals surface area contributed by atoms with E-state index in [-0.39, 0.29) is 11.3 Å². The number of amides is 1. The summed E-state index contributed by atoms with van der Waals surface area (Å²) in [6.45, 7) is 1.92.